The number of benzene rings is 3. The number of hydrogen-bond donors (Lipinski definition) is 1. The van der Waals surface area contributed by atoms with Crippen LogP contribution in [0, 0.1) is 5.82 Å². The minimum Gasteiger partial charge on any atom is -0.497 e. The molecule has 0 unspecified atom stereocenters. The number of aromatic nitrogens is 1. The number of ketones is 1. The number of pyridine rings is 1. The van der Waals surface area contributed by atoms with Gasteiger partial charge in [-0.05, 0) is 54.1 Å². The normalized spacial score (nSPS) is 10.8. The van der Waals surface area contributed by atoms with Gasteiger partial charge in [-0.15, -0.1) is 11.3 Å². The van der Waals surface area contributed by atoms with E-state index in [1.54, 1.807) is 36.8 Å². The number of ether oxygens (including phenoxy) is 5. The third-order valence-electron chi connectivity index (χ3n) is 7.11. The van der Waals surface area contributed by atoms with Gasteiger partial charge in [0.15, 0.2) is 17.3 Å². The topological polar surface area (TPSA) is 122 Å². The van der Waals surface area contributed by atoms with Crippen LogP contribution in [0.1, 0.15) is 36.8 Å². The Labute approximate surface area is 274 Å². The van der Waals surface area contributed by atoms with E-state index in [1.807, 2.05) is 24.3 Å². The second-order valence-electron chi connectivity index (χ2n) is 10.1. The highest BCUT2D eigenvalue weighted by molar-refractivity contribution is 7.17. The number of hydrogen-bond acceptors (Lipinski definition) is 10. The quantitative estimate of drug-likeness (QED) is 0.0855. The number of nitrogens with zero attached hydrogens (tertiary/aromatic N) is 1. The number of carbonyl (C=O) groups is 3. The molecule has 0 bridgehead atoms. The van der Waals surface area contributed by atoms with Crippen molar-refractivity contribution in [3.63, 3.8) is 0 Å². The molecule has 3 aromatic carbocycles. The van der Waals surface area contributed by atoms with Crippen molar-refractivity contribution in [3.05, 3.63) is 106 Å². The van der Waals surface area contributed by atoms with Crippen molar-refractivity contribution >= 4 is 39.1 Å². The van der Waals surface area contributed by atoms with Crippen LogP contribution >= 0.6 is 11.3 Å². The summed E-state index contributed by atoms with van der Waals surface area (Å²) in [6.45, 7) is 0.590. The first-order chi connectivity index (χ1) is 22.8. The molecule has 47 heavy (non-hydrogen) atoms. The minimum atomic E-state index is -0.671. The Kier molecular flexibility index (Phi) is 10.8. The highest BCUT2D eigenvalue weighted by Gasteiger charge is 2.20. The summed E-state index contributed by atoms with van der Waals surface area (Å²) in [6, 6.07) is 19.7. The zero-order valence-electron chi connectivity index (χ0n) is 25.8. The van der Waals surface area contributed by atoms with Crippen LogP contribution in [0.2, 0.25) is 0 Å². The fraction of sp³-hybridized carbons (Fsp3) is 0.200. The largest absolute Gasteiger partial charge is 0.497 e. The molecule has 5 rings (SSSR count). The Morgan fingerprint density at radius 1 is 0.872 bits per heavy atom. The maximum Gasteiger partial charge on any atom is 0.338 e. The van der Waals surface area contributed by atoms with Gasteiger partial charge in [-0.25, -0.2) is 14.2 Å². The monoisotopic (exact) mass is 658 g/mol. The Morgan fingerprint density at radius 3 is 2.43 bits per heavy atom. The van der Waals surface area contributed by atoms with Gasteiger partial charge in [-0.2, -0.15) is 0 Å². The lowest BCUT2D eigenvalue weighted by molar-refractivity contribution is 0.0600. The molecule has 1 N–H and O–H groups in total. The number of esters is 1. The third-order valence-corrected chi connectivity index (χ3v) is 8.11. The molecule has 0 radical (unpaired) electrons. The smallest absolute Gasteiger partial charge is 0.338 e. The Balaban J connectivity index is 1.21. The molecular formula is C35H31FN2O8S. The molecule has 0 aliphatic rings. The fourth-order valence-electron chi connectivity index (χ4n) is 4.67. The van der Waals surface area contributed by atoms with Gasteiger partial charge in [0.05, 0.1) is 57.0 Å². The number of rotatable bonds is 14. The number of amides is 1. The number of methoxy groups -OCH3 is 3. The van der Waals surface area contributed by atoms with Crippen molar-refractivity contribution < 1.29 is 42.5 Å². The molecule has 0 fully saturated rings. The summed E-state index contributed by atoms with van der Waals surface area (Å²) in [6.07, 6.45) is 0. The van der Waals surface area contributed by atoms with Gasteiger partial charge in [0, 0.05) is 21.9 Å². The molecule has 12 heteroatoms. The first-order valence-electron chi connectivity index (χ1n) is 14.4. The summed E-state index contributed by atoms with van der Waals surface area (Å²) in [5.74, 6) is -0.607. The molecule has 10 nitrogen and oxygen atoms in total. The van der Waals surface area contributed by atoms with E-state index in [9.17, 15) is 18.8 Å². The molecule has 2 aromatic heterocycles. The summed E-state index contributed by atoms with van der Waals surface area (Å²) in [5.41, 5.74) is 2.13. The van der Waals surface area contributed by atoms with Crippen LogP contribution in [-0.4, -0.2) is 63.7 Å². The van der Waals surface area contributed by atoms with Crippen LogP contribution in [0.15, 0.2) is 78.2 Å². The number of fused-ring (bicyclic) bond motifs is 1. The van der Waals surface area contributed by atoms with Gasteiger partial charge in [0.2, 0.25) is 0 Å². The van der Waals surface area contributed by atoms with E-state index < -0.39 is 24.2 Å². The predicted octanol–water partition coefficient (Wildman–Crippen LogP) is 6.11. The Morgan fingerprint density at radius 2 is 1.68 bits per heavy atom. The van der Waals surface area contributed by atoms with E-state index >= 15 is 0 Å². The van der Waals surface area contributed by atoms with E-state index in [2.05, 4.69) is 10.3 Å². The van der Waals surface area contributed by atoms with E-state index in [1.165, 1.54) is 49.8 Å². The minimum absolute atomic E-state index is 0.0607. The standard InChI is InChI=1S/C35H31FN2O8S/c1-42-24-10-7-21(8-11-24)19-45-13-14-46-31-12-9-22(17-32(31)43-2)34(40)37-18-30(39)29-16-23(35(41)44-3)15-28(38-29)26-20-47-33-25(26)5-4-6-27(33)36/h4-12,15-17,20H,13-14,18-19H2,1-3H3,(H,37,40). The average molecular weight is 659 g/mol. The Bertz CT molecular complexity index is 1910. The van der Waals surface area contributed by atoms with Crippen LogP contribution in [0.5, 0.6) is 17.2 Å². The SMILES string of the molecule is COC(=O)c1cc(C(=O)CNC(=O)c2ccc(OCCOCc3ccc(OC)cc3)c(OC)c2)nc(-c2csc3c(F)cccc23)c1. The Hall–Kier alpha value is -5.33. The maximum atomic E-state index is 14.3. The van der Waals surface area contributed by atoms with E-state index in [4.69, 9.17) is 23.7 Å². The van der Waals surface area contributed by atoms with Crippen molar-refractivity contribution in [3.8, 4) is 28.5 Å². The van der Waals surface area contributed by atoms with Gasteiger partial charge in [0.25, 0.3) is 5.91 Å². The summed E-state index contributed by atoms with van der Waals surface area (Å²) < 4.78 is 41.6. The fourth-order valence-corrected chi connectivity index (χ4v) is 5.64. The molecule has 242 valence electrons. The summed E-state index contributed by atoms with van der Waals surface area (Å²) >= 11 is 1.19. The second kappa shape index (κ2) is 15.3. The summed E-state index contributed by atoms with van der Waals surface area (Å²) in [7, 11) is 4.29. The van der Waals surface area contributed by atoms with Gasteiger partial charge >= 0.3 is 5.97 Å². The van der Waals surface area contributed by atoms with E-state index in [0.717, 1.165) is 11.3 Å². The molecule has 0 aliphatic carbocycles. The molecule has 0 spiro atoms. The number of thiophene rings is 1. The van der Waals surface area contributed by atoms with Crippen LogP contribution in [0.25, 0.3) is 21.3 Å². The molecule has 1 amide bonds. The highest BCUT2D eigenvalue weighted by Crippen LogP contribution is 2.35. The third kappa shape index (κ3) is 7.91. The molecule has 0 saturated heterocycles. The van der Waals surface area contributed by atoms with Gasteiger partial charge in [-0.3, -0.25) is 9.59 Å². The lowest BCUT2D eigenvalue weighted by Gasteiger charge is -2.13. The van der Waals surface area contributed by atoms with Crippen molar-refractivity contribution in [1.82, 2.24) is 10.3 Å². The lowest BCUT2D eigenvalue weighted by atomic mass is 10.1. The van der Waals surface area contributed by atoms with Crippen molar-refractivity contribution in [2.75, 3.05) is 41.1 Å². The average Bonchev–Trinajstić information content (AvgIpc) is 3.55. The highest BCUT2D eigenvalue weighted by atomic mass is 32.1. The van der Waals surface area contributed by atoms with Crippen LogP contribution in [0.4, 0.5) is 4.39 Å². The molecular weight excluding hydrogens is 627 g/mol. The van der Waals surface area contributed by atoms with Crippen molar-refractivity contribution in [2.24, 2.45) is 0 Å². The zero-order chi connectivity index (χ0) is 33.3. The number of halogens is 1. The van der Waals surface area contributed by atoms with E-state index in [0.29, 0.717) is 46.1 Å². The van der Waals surface area contributed by atoms with Crippen LogP contribution in [0.3, 0.4) is 0 Å². The molecule has 0 saturated carbocycles. The van der Waals surface area contributed by atoms with Gasteiger partial charge in [0.1, 0.15) is 23.9 Å². The molecule has 0 aliphatic heterocycles. The number of Topliss-reactive ketones (excluding diaryl/α,β-unsaturated/α-hetero) is 1. The second-order valence-corrected chi connectivity index (χ2v) is 11.0. The first kappa shape index (κ1) is 33.0. The predicted molar refractivity (Wildman–Crippen MR) is 174 cm³/mol. The summed E-state index contributed by atoms with van der Waals surface area (Å²) in [4.78, 5) is 43.0. The zero-order valence-corrected chi connectivity index (χ0v) is 26.6. The molecule has 2 heterocycles. The summed E-state index contributed by atoms with van der Waals surface area (Å²) in [5, 5.41) is 4.90. The van der Waals surface area contributed by atoms with E-state index in [-0.39, 0.29) is 29.2 Å². The molecule has 5 aromatic rings. The van der Waals surface area contributed by atoms with Crippen molar-refractivity contribution in [1.29, 1.82) is 0 Å². The molecule has 0 atom stereocenters. The lowest BCUT2D eigenvalue weighted by Crippen LogP contribution is -2.30. The van der Waals surface area contributed by atoms with Gasteiger partial charge < -0.3 is 29.0 Å². The number of carbonyl (C=O) groups excluding carboxylic acids is 3. The number of nitrogens with one attached hydrogen (secondary N) is 1. The van der Waals surface area contributed by atoms with Gasteiger partial charge in [-0.1, -0.05) is 24.3 Å². The first-order valence-corrected chi connectivity index (χ1v) is 15.3. The van der Waals surface area contributed by atoms with Crippen LogP contribution < -0.4 is 19.5 Å². The maximum absolute atomic E-state index is 14.3. The van der Waals surface area contributed by atoms with Crippen LogP contribution in [-0.2, 0) is 16.1 Å². The van der Waals surface area contributed by atoms with Crippen molar-refractivity contribution in [2.45, 2.75) is 6.61 Å².